The van der Waals surface area contributed by atoms with Crippen molar-refractivity contribution in [3.63, 3.8) is 0 Å². The highest BCUT2D eigenvalue weighted by atomic mass is 16.5. The minimum atomic E-state index is -0.867. The predicted molar refractivity (Wildman–Crippen MR) is 91.3 cm³/mol. The van der Waals surface area contributed by atoms with Crippen molar-refractivity contribution >= 4 is 5.97 Å². The summed E-state index contributed by atoms with van der Waals surface area (Å²) >= 11 is 0. The van der Waals surface area contributed by atoms with Gasteiger partial charge < -0.3 is 9.84 Å². The van der Waals surface area contributed by atoms with Gasteiger partial charge in [-0.05, 0) is 49.1 Å². The fourth-order valence-corrected chi connectivity index (χ4v) is 3.29. The number of aromatic nitrogens is 1. The summed E-state index contributed by atoms with van der Waals surface area (Å²) in [5.41, 5.74) is 2.48. The second kappa shape index (κ2) is 7.45. The molecular weight excluding hydrogens is 304 g/mol. The van der Waals surface area contributed by atoms with Gasteiger partial charge in [-0.1, -0.05) is 12.1 Å². The van der Waals surface area contributed by atoms with Crippen LogP contribution in [0.1, 0.15) is 28.0 Å². The van der Waals surface area contributed by atoms with E-state index in [0.717, 1.165) is 49.5 Å². The molecule has 5 nitrogen and oxygen atoms in total. The molecule has 1 aliphatic heterocycles. The maximum absolute atomic E-state index is 11.1. The van der Waals surface area contributed by atoms with Crippen LogP contribution in [-0.2, 0) is 13.0 Å². The number of methoxy groups -OCH3 is 1. The second-order valence-corrected chi connectivity index (χ2v) is 6.29. The summed E-state index contributed by atoms with van der Waals surface area (Å²) in [4.78, 5) is 17.9. The van der Waals surface area contributed by atoms with Gasteiger partial charge in [-0.3, -0.25) is 9.88 Å². The van der Waals surface area contributed by atoms with Gasteiger partial charge >= 0.3 is 5.97 Å². The van der Waals surface area contributed by atoms with Crippen LogP contribution in [0.15, 0.2) is 42.6 Å². The summed E-state index contributed by atoms with van der Waals surface area (Å²) < 4.78 is 5.24. The van der Waals surface area contributed by atoms with E-state index >= 15 is 0 Å². The first-order chi connectivity index (χ1) is 11.6. The first kappa shape index (κ1) is 16.5. The van der Waals surface area contributed by atoms with E-state index < -0.39 is 5.97 Å². The highest BCUT2D eigenvalue weighted by Crippen LogP contribution is 2.23. The van der Waals surface area contributed by atoms with Crippen LogP contribution >= 0.6 is 0 Å². The van der Waals surface area contributed by atoms with Crippen LogP contribution in [-0.4, -0.2) is 41.2 Å². The standard InChI is InChI=1S/C19H22N2O3/c1-24-18-5-7-20-17(11-18)13-21-8-6-15(12-21)9-14-3-2-4-16(10-14)19(22)23/h2-5,7,10-11,15H,6,8-9,12-13H2,1H3,(H,22,23)/t15-/m1/s1. The highest BCUT2D eigenvalue weighted by Gasteiger charge is 2.23. The number of carboxylic acids is 1. The van der Waals surface area contributed by atoms with Crippen molar-refractivity contribution in [2.24, 2.45) is 5.92 Å². The number of hydrogen-bond donors (Lipinski definition) is 1. The Balaban J connectivity index is 1.57. The molecule has 0 saturated carbocycles. The molecule has 126 valence electrons. The van der Waals surface area contributed by atoms with E-state index in [9.17, 15) is 4.79 Å². The minimum absolute atomic E-state index is 0.364. The van der Waals surface area contributed by atoms with Crippen LogP contribution in [0.3, 0.4) is 0 Å². The molecule has 1 saturated heterocycles. The molecule has 24 heavy (non-hydrogen) atoms. The van der Waals surface area contributed by atoms with Crippen LogP contribution in [0, 0.1) is 5.92 Å². The fraction of sp³-hybridized carbons (Fsp3) is 0.368. The Labute approximate surface area is 141 Å². The molecule has 3 rings (SSSR count). The van der Waals surface area contributed by atoms with Crippen molar-refractivity contribution in [2.45, 2.75) is 19.4 Å². The smallest absolute Gasteiger partial charge is 0.335 e. The molecule has 1 aliphatic rings. The first-order valence-corrected chi connectivity index (χ1v) is 8.17. The van der Waals surface area contributed by atoms with E-state index in [-0.39, 0.29) is 0 Å². The highest BCUT2D eigenvalue weighted by molar-refractivity contribution is 5.87. The zero-order valence-electron chi connectivity index (χ0n) is 13.8. The number of hydrogen-bond acceptors (Lipinski definition) is 4. The van der Waals surface area contributed by atoms with Crippen molar-refractivity contribution in [2.75, 3.05) is 20.2 Å². The topological polar surface area (TPSA) is 62.7 Å². The van der Waals surface area contributed by atoms with E-state index in [1.54, 1.807) is 25.4 Å². The molecule has 0 amide bonds. The molecule has 2 aromatic rings. The Morgan fingerprint density at radius 3 is 3.04 bits per heavy atom. The van der Waals surface area contributed by atoms with Crippen molar-refractivity contribution in [3.05, 3.63) is 59.4 Å². The lowest BCUT2D eigenvalue weighted by Crippen LogP contribution is -2.21. The summed E-state index contributed by atoms with van der Waals surface area (Å²) in [5, 5.41) is 9.09. The number of benzene rings is 1. The third-order valence-electron chi connectivity index (χ3n) is 4.48. The van der Waals surface area contributed by atoms with Gasteiger partial charge in [-0.2, -0.15) is 0 Å². The molecule has 1 atom stereocenters. The number of carboxylic acid groups (broad SMARTS) is 1. The van der Waals surface area contributed by atoms with Gasteiger partial charge in [-0.25, -0.2) is 4.79 Å². The van der Waals surface area contributed by atoms with E-state index in [0.29, 0.717) is 11.5 Å². The molecule has 1 N–H and O–H groups in total. The van der Waals surface area contributed by atoms with Crippen LogP contribution in [0.25, 0.3) is 0 Å². The van der Waals surface area contributed by atoms with Gasteiger partial charge in [0.25, 0.3) is 0 Å². The average molecular weight is 326 g/mol. The summed E-state index contributed by atoms with van der Waals surface area (Å²) in [6, 6.07) is 11.1. The third-order valence-corrected chi connectivity index (χ3v) is 4.48. The molecule has 1 fully saturated rings. The Bertz CT molecular complexity index is 717. The molecule has 0 aliphatic carbocycles. The molecule has 5 heteroatoms. The largest absolute Gasteiger partial charge is 0.497 e. The Morgan fingerprint density at radius 1 is 1.38 bits per heavy atom. The van der Waals surface area contributed by atoms with Gasteiger partial charge in [0.1, 0.15) is 5.75 Å². The van der Waals surface area contributed by atoms with Crippen molar-refractivity contribution in [3.8, 4) is 5.75 Å². The molecule has 0 radical (unpaired) electrons. The molecule has 1 aromatic heterocycles. The first-order valence-electron chi connectivity index (χ1n) is 8.17. The summed E-state index contributed by atoms with van der Waals surface area (Å²) in [6.07, 6.45) is 3.82. The van der Waals surface area contributed by atoms with Gasteiger partial charge in [0, 0.05) is 25.4 Å². The molecule has 0 bridgehead atoms. The summed E-state index contributed by atoms with van der Waals surface area (Å²) in [7, 11) is 1.66. The molecular formula is C19H22N2O3. The van der Waals surface area contributed by atoms with E-state index in [1.165, 1.54) is 0 Å². The normalized spacial score (nSPS) is 17.8. The minimum Gasteiger partial charge on any atom is -0.497 e. The number of carbonyl (C=O) groups is 1. The number of aromatic carboxylic acids is 1. The lowest BCUT2D eigenvalue weighted by atomic mass is 9.97. The molecule has 0 unspecified atom stereocenters. The lowest BCUT2D eigenvalue weighted by molar-refractivity contribution is 0.0696. The SMILES string of the molecule is COc1ccnc(CN2CC[C@H](Cc3cccc(C(=O)O)c3)C2)c1. The molecule has 1 aromatic carbocycles. The third kappa shape index (κ3) is 4.11. The van der Waals surface area contributed by atoms with Gasteiger partial charge in [0.05, 0.1) is 18.4 Å². The number of ether oxygens (including phenoxy) is 1. The van der Waals surface area contributed by atoms with Crippen molar-refractivity contribution < 1.29 is 14.6 Å². The summed E-state index contributed by atoms with van der Waals surface area (Å²) in [6.45, 7) is 2.88. The van der Waals surface area contributed by atoms with Crippen molar-refractivity contribution in [1.82, 2.24) is 9.88 Å². The summed E-state index contributed by atoms with van der Waals surface area (Å²) in [5.74, 6) is 0.523. The zero-order valence-corrected chi connectivity index (χ0v) is 13.8. The number of nitrogens with zero attached hydrogens (tertiary/aromatic N) is 2. The monoisotopic (exact) mass is 326 g/mol. The number of rotatable bonds is 6. The van der Waals surface area contributed by atoms with E-state index in [4.69, 9.17) is 9.84 Å². The van der Waals surface area contributed by atoms with E-state index in [2.05, 4.69) is 9.88 Å². The van der Waals surface area contributed by atoms with Gasteiger partial charge in [0.15, 0.2) is 0 Å². The predicted octanol–water partition coefficient (Wildman–Crippen LogP) is 2.85. The fourth-order valence-electron chi connectivity index (χ4n) is 3.29. The Kier molecular flexibility index (Phi) is 5.11. The van der Waals surface area contributed by atoms with Gasteiger partial charge in [-0.15, -0.1) is 0 Å². The number of likely N-dealkylation sites (tertiary alicyclic amines) is 1. The maximum Gasteiger partial charge on any atom is 0.335 e. The maximum atomic E-state index is 11.1. The zero-order chi connectivity index (χ0) is 16.9. The van der Waals surface area contributed by atoms with Crippen LogP contribution < -0.4 is 4.74 Å². The molecule has 0 spiro atoms. The second-order valence-electron chi connectivity index (χ2n) is 6.29. The van der Waals surface area contributed by atoms with Crippen LogP contribution in [0.4, 0.5) is 0 Å². The Morgan fingerprint density at radius 2 is 2.25 bits per heavy atom. The van der Waals surface area contributed by atoms with E-state index in [1.807, 2.05) is 24.3 Å². The van der Waals surface area contributed by atoms with Crippen molar-refractivity contribution in [1.29, 1.82) is 0 Å². The van der Waals surface area contributed by atoms with Crippen LogP contribution in [0.5, 0.6) is 5.75 Å². The lowest BCUT2D eigenvalue weighted by Gasteiger charge is -2.16. The van der Waals surface area contributed by atoms with Gasteiger partial charge in [0.2, 0.25) is 0 Å². The average Bonchev–Trinajstić information content (AvgIpc) is 3.02. The number of pyridine rings is 1. The Hall–Kier alpha value is -2.40. The molecule has 2 heterocycles. The van der Waals surface area contributed by atoms with Crippen LogP contribution in [0.2, 0.25) is 0 Å². The quantitative estimate of drug-likeness (QED) is 0.884.